The van der Waals surface area contributed by atoms with Gasteiger partial charge in [-0.1, -0.05) is 12.1 Å². The molecule has 1 fully saturated rings. The van der Waals surface area contributed by atoms with Gasteiger partial charge < -0.3 is 13.9 Å². The molecule has 0 bridgehead atoms. The molecule has 1 saturated carbocycles. The SMILES string of the molecule is COC(=O)c1ccoc1COC(=O)CCc1nc2ccccc2c(=O)n1C1CC1. The second-order valence-corrected chi connectivity index (χ2v) is 6.86. The molecule has 1 aliphatic carbocycles. The maximum absolute atomic E-state index is 12.8. The maximum Gasteiger partial charge on any atom is 0.341 e. The van der Waals surface area contributed by atoms with E-state index in [-0.39, 0.29) is 42.4 Å². The number of aromatic nitrogens is 2. The topological polar surface area (TPSA) is 101 Å². The smallest absolute Gasteiger partial charge is 0.341 e. The van der Waals surface area contributed by atoms with Crippen LogP contribution in [0.3, 0.4) is 0 Å². The Hall–Kier alpha value is -3.42. The Labute approximate surface area is 166 Å². The summed E-state index contributed by atoms with van der Waals surface area (Å²) in [5.74, 6) is -0.217. The number of furan rings is 1. The van der Waals surface area contributed by atoms with E-state index in [1.165, 1.54) is 19.4 Å². The van der Waals surface area contributed by atoms with E-state index in [4.69, 9.17) is 9.15 Å². The summed E-state index contributed by atoms with van der Waals surface area (Å²) < 4.78 is 16.8. The van der Waals surface area contributed by atoms with Gasteiger partial charge in [-0.3, -0.25) is 14.2 Å². The minimum Gasteiger partial charge on any atom is -0.465 e. The minimum absolute atomic E-state index is 0.0613. The maximum atomic E-state index is 12.8. The molecule has 0 spiro atoms. The summed E-state index contributed by atoms with van der Waals surface area (Å²) in [7, 11) is 1.26. The molecular formula is C21H20N2O6. The molecule has 0 N–H and O–H groups in total. The molecule has 0 radical (unpaired) electrons. The Bertz CT molecular complexity index is 1130. The third-order valence-electron chi connectivity index (χ3n) is 4.86. The molecule has 2 aromatic heterocycles. The summed E-state index contributed by atoms with van der Waals surface area (Å²) in [6.07, 6.45) is 3.56. The van der Waals surface area contributed by atoms with Gasteiger partial charge >= 0.3 is 11.9 Å². The molecule has 150 valence electrons. The van der Waals surface area contributed by atoms with Gasteiger partial charge in [0.05, 0.1) is 30.7 Å². The highest BCUT2D eigenvalue weighted by Gasteiger charge is 2.28. The van der Waals surface area contributed by atoms with Crippen molar-refractivity contribution < 1.29 is 23.5 Å². The molecule has 0 unspecified atom stereocenters. The first-order valence-electron chi connectivity index (χ1n) is 9.39. The third kappa shape index (κ3) is 3.91. The number of fused-ring (bicyclic) bond motifs is 1. The average molecular weight is 396 g/mol. The second-order valence-electron chi connectivity index (χ2n) is 6.86. The average Bonchev–Trinajstić information content (AvgIpc) is 3.46. The van der Waals surface area contributed by atoms with Crippen LogP contribution in [0, 0.1) is 0 Å². The van der Waals surface area contributed by atoms with Crippen LogP contribution in [0.4, 0.5) is 0 Å². The fraction of sp³-hybridized carbons (Fsp3) is 0.333. The van der Waals surface area contributed by atoms with Crippen molar-refractivity contribution in [2.24, 2.45) is 0 Å². The number of methoxy groups -OCH3 is 1. The molecule has 0 amide bonds. The van der Waals surface area contributed by atoms with Crippen LogP contribution >= 0.6 is 0 Å². The highest BCUT2D eigenvalue weighted by Crippen LogP contribution is 2.34. The Morgan fingerprint density at radius 3 is 2.79 bits per heavy atom. The number of hydrogen-bond acceptors (Lipinski definition) is 7. The largest absolute Gasteiger partial charge is 0.465 e. The normalized spacial score (nSPS) is 13.4. The lowest BCUT2D eigenvalue weighted by molar-refractivity contribution is -0.145. The van der Waals surface area contributed by atoms with Gasteiger partial charge in [-0.2, -0.15) is 0 Å². The van der Waals surface area contributed by atoms with Crippen LogP contribution in [0.15, 0.2) is 45.8 Å². The van der Waals surface area contributed by atoms with Crippen LogP contribution in [0.1, 0.15) is 47.2 Å². The molecule has 8 heteroatoms. The molecule has 3 aromatic rings. The predicted octanol–water partition coefficient (Wildman–Crippen LogP) is 2.79. The van der Waals surface area contributed by atoms with Crippen molar-refractivity contribution in [1.29, 1.82) is 0 Å². The lowest BCUT2D eigenvalue weighted by atomic mass is 10.2. The number of carbonyl (C=O) groups excluding carboxylic acids is 2. The molecule has 4 rings (SSSR count). The van der Waals surface area contributed by atoms with Crippen molar-refractivity contribution in [2.45, 2.75) is 38.3 Å². The van der Waals surface area contributed by atoms with Gasteiger partial charge in [0.15, 0.2) is 5.76 Å². The molecule has 2 heterocycles. The number of benzene rings is 1. The summed E-state index contributed by atoms with van der Waals surface area (Å²) in [5.41, 5.74) is 0.773. The van der Waals surface area contributed by atoms with Gasteiger partial charge in [0.25, 0.3) is 5.56 Å². The number of nitrogens with zero attached hydrogens (tertiary/aromatic N) is 2. The Morgan fingerprint density at radius 1 is 1.24 bits per heavy atom. The Kier molecular flexibility index (Phi) is 5.16. The van der Waals surface area contributed by atoms with E-state index in [0.29, 0.717) is 16.7 Å². The number of para-hydroxylation sites is 1. The van der Waals surface area contributed by atoms with E-state index in [1.807, 2.05) is 12.1 Å². The van der Waals surface area contributed by atoms with E-state index < -0.39 is 11.9 Å². The van der Waals surface area contributed by atoms with Gasteiger partial charge in [0.1, 0.15) is 18.0 Å². The van der Waals surface area contributed by atoms with Crippen molar-refractivity contribution in [1.82, 2.24) is 9.55 Å². The van der Waals surface area contributed by atoms with E-state index in [2.05, 4.69) is 9.72 Å². The zero-order valence-corrected chi connectivity index (χ0v) is 15.9. The van der Waals surface area contributed by atoms with Crippen molar-refractivity contribution >= 4 is 22.8 Å². The number of ether oxygens (including phenoxy) is 2. The summed E-state index contributed by atoms with van der Waals surface area (Å²) in [6, 6.07) is 8.82. The van der Waals surface area contributed by atoms with Gasteiger partial charge in [0.2, 0.25) is 0 Å². The number of carbonyl (C=O) groups is 2. The summed E-state index contributed by atoms with van der Waals surface area (Å²) in [4.78, 5) is 41.3. The molecule has 8 nitrogen and oxygen atoms in total. The monoisotopic (exact) mass is 396 g/mol. The first-order valence-corrected chi connectivity index (χ1v) is 9.39. The van der Waals surface area contributed by atoms with Crippen LogP contribution in [-0.4, -0.2) is 28.6 Å². The predicted molar refractivity (Wildman–Crippen MR) is 102 cm³/mol. The standard InChI is InChI=1S/C21H20N2O6/c1-27-21(26)15-10-11-28-17(15)12-29-19(24)9-8-18-22-16-5-3-2-4-14(16)20(25)23(18)13-6-7-13/h2-5,10-11,13H,6-9,12H2,1H3. The fourth-order valence-corrected chi connectivity index (χ4v) is 3.25. The molecular weight excluding hydrogens is 376 g/mol. The zero-order chi connectivity index (χ0) is 20.4. The van der Waals surface area contributed by atoms with E-state index >= 15 is 0 Å². The second kappa shape index (κ2) is 7.90. The molecule has 1 aromatic carbocycles. The van der Waals surface area contributed by atoms with Crippen LogP contribution in [0.2, 0.25) is 0 Å². The first kappa shape index (κ1) is 18.9. The van der Waals surface area contributed by atoms with E-state index in [1.54, 1.807) is 16.7 Å². The van der Waals surface area contributed by atoms with Crippen LogP contribution in [-0.2, 0) is 27.3 Å². The van der Waals surface area contributed by atoms with Crippen LogP contribution in [0.5, 0.6) is 0 Å². The van der Waals surface area contributed by atoms with Crippen molar-refractivity contribution in [3.05, 3.63) is 64.1 Å². The number of aryl methyl sites for hydroxylation is 1. The quantitative estimate of drug-likeness (QED) is 0.566. The first-order chi connectivity index (χ1) is 14.1. The van der Waals surface area contributed by atoms with Gasteiger partial charge in [-0.05, 0) is 31.0 Å². The molecule has 1 aliphatic rings. The number of rotatable bonds is 7. The summed E-state index contributed by atoms with van der Waals surface area (Å²) in [6.45, 7) is -0.170. The molecule has 0 saturated heterocycles. The van der Waals surface area contributed by atoms with Crippen molar-refractivity contribution in [2.75, 3.05) is 7.11 Å². The van der Waals surface area contributed by atoms with Crippen molar-refractivity contribution in [3.63, 3.8) is 0 Å². The molecule has 29 heavy (non-hydrogen) atoms. The third-order valence-corrected chi connectivity index (χ3v) is 4.86. The van der Waals surface area contributed by atoms with Gasteiger partial charge in [0, 0.05) is 12.5 Å². The number of hydrogen-bond donors (Lipinski definition) is 0. The van der Waals surface area contributed by atoms with E-state index in [0.717, 1.165) is 12.8 Å². The van der Waals surface area contributed by atoms with Crippen LogP contribution in [0.25, 0.3) is 10.9 Å². The van der Waals surface area contributed by atoms with Crippen molar-refractivity contribution in [3.8, 4) is 0 Å². The van der Waals surface area contributed by atoms with E-state index in [9.17, 15) is 14.4 Å². The lowest BCUT2D eigenvalue weighted by Crippen LogP contribution is -2.25. The van der Waals surface area contributed by atoms with Gasteiger partial charge in [-0.15, -0.1) is 0 Å². The van der Waals surface area contributed by atoms with Crippen LogP contribution < -0.4 is 5.56 Å². The highest BCUT2D eigenvalue weighted by atomic mass is 16.5. The molecule has 0 atom stereocenters. The summed E-state index contributed by atoms with van der Waals surface area (Å²) in [5, 5.41) is 0.582. The fourth-order valence-electron chi connectivity index (χ4n) is 3.25. The number of esters is 2. The summed E-state index contributed by atoms with van der Waals surface area (Å²) >= 11 is 0. The van der Waals surface area contributed by atoms with Gasteiger partial charge in [-0.25, -0.2) is 9.78 Å². The Balaban J connectivity index is 1.45. The molecule has 0 aliphatic heterocycles. The minimum atomic E-state index is -0.557. The Morgan fingerprint density at radius 2 is 2.03 bits per heavy atom. The lowest BCUT2D eigenvalue weighted by Gasteiger charge is -2.12. The zero-order valence-electron chi connectivity index (χ0n) is 15.9. The highest BCUT2D eigenvalue weighted by molar-refractivity contribution is 5.90.